The smallest absolute Gasteiger partial charge is 0.326 e. The number of aromatic amines is 1. The van der Waals surface area contributed by atoms with Crippen molar-refractivity contribution in [3.8, 4) is 0 Å². The maximum Gasteiger partial charge on any atom is 0.326 e. The van der Waals surface area contributed by atoms with Crippen molar-refractivity contribution in [1.82, 2.24) is 9.55 Å². The van der Waals surface area contributed by atoms with Gasteiger partial charge < -0.3 is 10.7 Å². The highest BCUT2D eigenvalue weighted by Crippen LogP contribution is 1.95. The zero-order valence-corrected chi connectivity index (χ0v) is 9.40. The zero-order valence-electron chi connectivity index (χ0n) is 7.83. The van der Waals surface area contributed by atoms with Crippen molar-refractivity contribution in [2.45, 2.75) is 13.0 Å². The summed E-state index contributed by atoms with van der Waals surface area (Å²) in [5, 5.41) is 0. The number of halogens is 1. The summed E-state index contributed by atoms with van der Waals surface area (Å²) in [5.41, 5.74) is 5.04. The topological polar surface area (TPSA) is 80.9 Å². The predicted molar refractivity (Wildman–Crippen MR) is 59.5 cm³/mol. The van der Waals surface area contributed by atoms with Gasteiger partial charge in [-0.1, -0.05) is 12.2 Å². The minimum Gasteiger partial charge on any atom is -0.369 e. The van der Waals surface area contributed by atoms with Gasteiger partial charge in [0.05, 0.1) is 6.42 Å². The molecule has 5 nitrogen and oxygen atoms in total. The minimum atomic E-state index is -0.518. The van der Waals surface area contributed by atoms with Crippen molar-refractivity contribution in [2.24, 2.45) is 5.73 Å². The van der Waals surface area contributed by atoms with Crippen LogP contribution in [0.1, 0.15) is 5.69 Å². The maximum absolute atomic E-state index is 11.5. The van der Waals surface area contributed by atoms with Gasteiger partial charge in [0.1, 0.15) is 4.64 Å². The third-order valence-electron chi connectivity index (χ3n) is 1.75. The van der Waals surface area contributed by atoms with Gasteiger partial charge in [0.2, 0.25) is 5.91 Å². The molecular weight excluding hydrogens is 238 g/mol. The Kier molecular flexibility index (Phi) is 4.05. The molecule has 0 saturated heterocycles. The van der Waals surface area contributed by atoms with Crippen LogP contribution in [0.5, 0.6) is 0 Å². The van der Waals surface area contributed by atoms with Crippen LogP contribution in [-0.4, -0.2) is 21.3 Å². The molecule has 0 aliphatic carbocycles. The van der Waals surface area contributed by atoms with Gasteiger partial charge in [-0.05, 0) is 6.07 Å². The molecule has 0 atom stereocenters. The van der Waals surface area contributed by atoms with Gasteiger partial charge in [0.25, 0.3) is 0 Å². The van der Waals surface area contributed by atoms with Crippen LogP contribution in [0.4, 0.5) is 0 Å². The number of primary amides is 1. The first-order chi connectivity index (χ1) is 7.04. The van der Waals surface area contributed by atoms with Crippen molar-refractivity contribution in [3.63, 3.8) is 0 Å². The van der Waals surface area contributed by atoms with Crippen molar-refractivity contribution < 1.29 is 4.79 Å². The first-order valence-corrected chi connectivity index (χ1v) is 5.16. The fraction of sp³-hybridized carbons (Fsp3) is 0.375. The number of rotatable bonds is 4. The Morgan fingerprint density at radius 3 is 2.80 bits per heavy atom. The Morgan fingerprint density at radius 1 is 1.67 bits per heavy atom. The number of alkyl halides is 1. The highest BCUT2D eigenvalue weighted by atomic mass is 35.5. The van der Waals surface area contributed by atoms with Crippen LogP contribution in [-0.2, 0) is 17.8 Å². The van der Waals surface area contributed by atoms with E-state index >= 15 is 0 Å². The molecule has 1 amide bonds. The molecule has 82 valence electrons. The van der Waals surface area contributed by atoms with Crippen molar-refractivity contribution >= 4 is 29.7 Å². The minimum absolute atomic E-state index is 0.0272. The molecule has 1 aromatic heterocycles. The second-order valence-electron chi connectivity index (χ2n) is 2.92. The first kappa shape index (κ1) is 11.9. The van der Waals surface area contributed by atoms with Crippen molar-refractivity contribution in [2.75, 3.05) is 5.88 Å². The van der Waals surface area contributed by atoms with E-state index in [4.69, 9.17) is 29.6 Å². The van der Waals surface area contributed by atoms with E-state index in [1.54, 1.807) is 0 Å². The molecule has 7 heteroatoms. The largest absolute Gasteiger partial charge is 0.369 e. The summed E-state index contributed by atoms with van der Waals surface area (Å²) in [4.78, 5) is 24.6. The van der Waals surface area contributed by atoms with E-state index in [-0.39, 0.29) is 12.1 Å². The summed E-state index contributed by atoms with van der Waals surface area (Å²) < 4.78 is 1.67. The van der Waals surface area contributed by atoms with E-state index < -0.39 is 5.91 Å². The number of aromatic nitrogens is 2. The van der Waals surface area contributed by atoms with Gasteiger partial charge in [-0.2, -0.15) is 0 Å². The molecule has 15 heavy (non-hydrogen) atoms. The second-order valence-corrected chi connectivity index (χ2v) is 3.72. The number of nitrogens with two attached hydrogens (primary N) is 1. The Labute approximate surface area is 95.9 Å². The lowest BCUT2D eigenvalue weighted by Crippen LogP contribution is -2.27. The summed E-state index contributed by atoms with van der Waals surface area (Å²) in [7, 11) is 0. The number of amides is 1. The van der Waals surface area contributed by atoms with Gasteiger partial charge >= 0.3 is 5.69 Å². The number of carbonyl (C=O) groups excluding carboxylic acids is 1. The summed E-state index contributed by atoms with van der Waals surface area (Å²) >= 11 is 10.5. The average Bonchev–Trinajstić information content (AvgIpc) is 2.10. The quantitative estimate of drug-likeness (QED) is 0.588. The Morgan fingerprint density at radius 2 is 2.33 bits per heavy atom. The zero-order chi connectivity index (χ0) is 11.4. The molecule has 0 radical (unpaired) electrons. The van der Waals surface area contributed by atoms with E-state index in [1.165, 1.54) is 10.6 Å². The fourth-order valence-electron chi connectivity index (χ4n) is 1.15. The van der Waals surface area contributed by atoms with Crippen LogP contribution in [0, 0.1) is 4.64 Å². The molecule has 0 spiro atoms. The van der Waals surface area contributed by atoms with Crippen LogP contribution < -0.4 is 11.4 Å². The number of hydrogen-bond donors (Lipinski definition) is 2. The van der Waals surface area contributed by atoms with E-state index in [1.807, 2.05) is 0 Å². The van der Waals surface area contributed by atoms with Gasteiger partial charge in [-0.15, -0.1) is 11.6 Å². The lowest BCUT2D eigenvalue weighted by atomic mass is 10.3. The molecule has 1 aromatic rings. The van der Waals surface area contributed by atoms with E-state index in [9.17, 15) is 9.59 Å². The van der Waals surface area contributed by atoms with E-state index in [0.717, 1.165) is 0 Å². The molecule has 0 aromatic carbocycles. The lowest BCUT2D eigenvalue weighted by molar-refractivity contribution is -0.117. The van der Waals surface area contributed by atoms with Crippen molar-refractivity contribution in [3.05, 3.63) is 26.9 Å². The summed E-state index contributed by atoms with van der Waals surface area (Å²) in [6.07, 6.45) is -0.0272. The molecule has 0 aliphatic rings. The number of nitrogens with one attached hydrogen (secondary N) is 1. The molecule has 0 fully saturated rings. The lowest BCUT2D eigenvalue weighted by Gasteiger charge is -2.04. The standard InChI is InChI=1S/C8H10ClN3O2S/c9-1-2-12-7(15)4-5(3-6(10)13)11-8(12)14/h4H,1-3H2,(H2,10,13)(H,11,14). The average molecular weight is 248 g/mol. The fourth-order valence-corrected chi connectivity index (χ4v) is 1.63. The molecule has 0 saturated carbocycles. The highest BCUT2D eigenvalue weighted by molar-refractivity contribution is 7.71. The van der Waals surface area contributed by atoms with Crippen LogP contribution in [0.25, 0.3) is 0 Å². The number of hydrogen-bond acceptors (Lipinski definition) is 3. The molecule has 3 N–H and O–H groups in total. The number of nitrogens with zero attached hydrogens (tertiary/aromatic N) is 1. The number of carbonyl (C=O) groups is 1. The van der Waals surface area contributed by atoms with Gasteiger partial charge in [0.15, 0.2) is 0 Å². The van der Waals surface area contributed by atoms with Crippen LogP contribution >= 0.6 is 23.8 Å². The van der Waals surface area contributed by atoms with Gasteiger partial charge in [-0.25, -0.2) is 4.79 Å². The van der Waals surface area contributed by atoms with Crippen LogP contribution in [0.3, 0.4) is 0 Å². The SMILES string of the molecule is NC(=O)Cc1cc(=S)n(CCCl)c(=O)[nH]1. The number of H-pyrrole nitrogens is 1. The first-order valence-electron chi connectivity index (χ1n) is 4.22. The normalized spacial score (nSPS) is 10.2. The molecule has 0 aliphatic heterocycles. The summed E-state index contributed by atoms with van der Waals surface area (Å²) in [6.45, 7) is 0.340. The molecule has 1 rings (SSSR count). The Hall–Kier alpha value is -1.14. The molecule has 0 unspecified atom stereocenters. The Balaban J connectivity index is 3.14. The van der Waals surface area contributed by atoms with Crippen LogP contribution in [0.15, 0.2) is 10.9 Å². The monoisotopic (exact) mass is 247 g/mol. The molecular formula is C8H10ClN3O2S. The van der Waals surface area contributed by atoms with Crippen LogP contribution in [0.2, 0.25) is 0 Å². The van der Waals surface area contributed by atoms with Gasteiger partial charge in [0, 0.05) is 18.1 Å². The van der Waals surface area contributed by atoms with E-state index in [2.05, 4.69) is 4.98 Å². The molecule has 0 bridgehead atoms. The third kappa shape index (κ3) is 3.17. The second kappa shape index (κ2) is 5.09. The van der Waals surface area contributed by atoms with Crippen molar-refractivity contribution in [1.29, 1.82) is 0 Å². The third-order valence-corrected chi connectivity index (χ3v) is 2.26. The Bertz CT molecular complexity index is 448. The summed E-state index contributed by atoms with van der Waals surface area (Å²) in [5.74, 6) is -0.220. The predicted octanol–water partition coefficient (Wildman–Crippen LogP) is 0.172. The molecule has 1 heterocycles. The van der Waals surface area contributed by atoms with E-state index in [0.29, 0.717) is 22.8 Å². The highest BCUT2D eigenvalue weighted by Gasteiger charge is 2.03. The van der Waals surface area contributed by atoms with Gasteiger partial charge in [-0.3, -0.25) is 9.36 Å². The summed E-state index contributed by atoms with van der Waals surface area (Å²) in [6, 6.07) is 1.54. The maximum atomic E-state index is 11.5.